The molecule has 2 fully saturated rings. The summed E-state index contributed by atoms with van der Waals surface area (Å²) in [4.78, 5) is 17.1. The van der Waals surface area contributed by atoms with Gasteiger partial charge in [0.05, 0.1) is 31.7 Å². The van der Waals surface area contributed by atoms with Gasteiger partial charge in [0.25, 0.3) is 0 Å². The summed E-state index contributed by atoms with van der Waals surface area (Å²) in [5.74, 6) is 0.752. The second-order valence-electron chi connectivity index (χ2n) is 7.34. The van der Waals surface area contributed by atoms with Gasteiger partial charge in [-0.2, -0.15) is 0 Å². The fraction of sp³-hybridized carbons (Fsp3) is 0.550. The summed E-state index contributed by atoms with van der Waals surface area (Å²) >= 11 is 1.41. The van der Waals surface area contributed by atoms with Gasteiger partial charge in [0.2, 0.25) is 11.9 Å². The Labute approximate surface area is 180 Å². The number of hydrogen-bond acceptors (Lipinski definition) is 8. The van der Waals surface area contributed by atoms with Gasteiger partial charge in [-0.3, -0.25) is 9.36 Å². The Morgan fingerprint density at radius 2 is 1.60 bits per heavy atom. The maximum Gasteiger partial charge on any atom is 0.237 e. The molecular formula is C20H28N6O3S. The first-order valence-electron chi connectivity index (χ1n) is 10.2. The first-order valence-corrected chi connectivity index (χ1v) is 11.1. The molecule has 2 saturated heterocycles. The maximum atomic E-state index is 12.7. The van der Waals surface area contributed by atoms with Crippen molar-refractivity contribution in [2.45, 2.75) is 17.3 Å². The highest BCUT2D eigenvalue weighted by atomic mass is 32.2. The lowest BCUT2D eigenvalue weighted by atomic mass is 10.2. The van der Waals surface area contributed by atoms with Crippen molar-refractivity contribution in [1.29, 1.82) is 0 Å². The highest BCUT2D eigenvalue weighted by molar-refractivity contribution is 8.00. The van der Waals surface area contributed by atoms with Gasteiger partial charge in [0.1, 0.15) is 0 Å². The van der Waals surface area contributed by atoms with E-state index in [9.17, 15) is 4.79 Å². The zero-order valence-corrected chi connectivity index (χ0v) is 18.2. The summed E-state index contributed by atoms with van der Waals surface area (Å²) in [6.45, 7) is 8.15. The van der Waals surface area contributed by atoms with Crippen molar-refractivity contribution in [3.63, 3.8) is 0 Å². The molecule has 1 unspecified atom stereocenters. The number of nitrogens with one attached hydrogen (secondary N) is 1. The summed E-state index contributed by atoms with van der Waals surface area (Å²) in [6, 6.07) is 7.96. The lowest BCUT2D eigenvalue weighted by Crippen LogP contribution is -2.37. The number of nitrogens with zero attached hydrogens (tertiary/aromatic N) is 5. The lowest BCUT2D eigenvalue weighted by molar-refractivity contribution is -0.115. The van der Waals surface area contributed by atoms with Gasteiger partial charge in [-0.05, 0) is 31.2 Å². The van der Waals surface area contributed by atoms with E-state index in [0.717, 1.165) is 61.9 Å². The van der Waals surface area contributed by atoms with Gasteiger partial charge in [-0.25, -0.2) is 0 Å². The molecule has 1 atom stereocenters. The van der Waals surface area contributed by atoms with E-state index in [1.165, 1.54) is 11.8 Å². The molecule has 1 aromatic carbocycles. The maximum absolute atomic E-state index is 12.7. The molecule has 2 aliphatic heterocycles. The number of ether oxygens (including phenoxy) is 2. The average molecular weight is 433 g/mol. The normalized spacial score (nSPS) is 18.3. The van der Waals surface area contributed by atoms with Gasteiger partial charge in [0, 0.05) is 44.6 Å². The van der Waals surface area contributed by atoms with Crippen LogP contribution in [-0.2, 0) is 21.3 Å². The molecule has 0 saturated carbocycles. The predicted octanol–water partition coefficient (Wildman–Crippen LogP) is 1.61. The van der Waals surface area contributed by atoms with Gasteiger partial charge in [0.15, 0.2) is 5.16 Å². The molecule has 0 radical (unpaired) electrons. The minimum absolute atomic E-state index is 0.0601. The molecule has 0 spiro atoms. The van der Waals surface area contributed by atoms with Crippen molar-refractivity contribution in [3.8, 4) is 0 Å². The van der Waals surface area contributed by atoms with E-state index < -0.39 is 0 Å². The zero-order valence-electron chi connectivity index (χ0n) is 17.4. The summed E-state index contributed by atoms with van der Waals surface area (Å²) < 4.78 is 12.7. The van der Waals surface area contributed by atoms with Crippen molar-refractivity contribution >= 4 is 35.0 Å². The Bertz CT molecular complexity index is 847. The first-order chi connectivity index (χ1) is 14.6. The Hall–Kier alpha value is -2.30. The Balaban J connectivity index is 1.33. The third kappa shape index (κ3) is 4.88. The van der Waals surface area contributed by atoms with Crippen LogP contribution in [0.15, 0.2) is 29.4 Å². The van der Waals surface area contributed by atoms with Crippen LogP contribution < -0.4 is 15.1 Å². The third-order valence-corrected chi connectivity index (χ3v) is 6.40. The summed E-state index contributed by atoms with van der Waals surface area (Å²) in [7, 11) is 1.93. The molecule has 10 heteroatoms. The average Bonchev–Trinajstić information content (AvgIpc) is 3.15. The van der Waals surface area contributed by atoms with Crippen LogP contribution in [0.3, 0.4) is 0 Å². The molecule has 2 aliphatic rings. The molecule has 162 valence electrons. The van der Waals surface area contributed by atoms with E-state index >= 15 is 0 Å². The zero-order chi connectivity index (χ0) is 20.9. The topological polar surface area (TPSA) is 84.8 Å². The quantitative estimate of drug-likeness (QED) is 0.690. The number of carbonyl (C=O) groups is 1. The third-order valence-electron chi connectivity index (χ3n) is 5.27. The van der Waals surface area contributed by atoms with Crippen LogP contribution in [0.2, 0.25) is 0 Å². The van der Waals surface area contributed by atoms with Crippen LogP contribution in [0.5, 0.6) is 0 Å². The molecule has 4 rings (SSSR count). The van der Waals surface area contributed by atoms with E-state index in [2.05, 4.69) is 25.3 Å². The molecule has 9 nitrogen and oxygen atoms in total. The Morgan fingerprint density at radius 3 is 2.23 bits per heavy atom. The van der Waals surface area contributed by atoms with Crippen molar-refractivity contribution in [1.82, 2.24) is 14.8 Å². The van der Waals surface area contributed by atoms with Crippen LogP contribution in [0, 0.1) is 0 Å². The number of hydrogen-bond donors (Lipinski definition) is 1. The van der Waals surface area contributed by atoms with Crippen LogP contribution in [0.1, 0.15) is 6.92 Å². The molecule has 3 heterocycles. The molecular weight excluding hydrogens is 404 g/mol. The van der Waals surface area contributed by atoms with Gasteiger partial charge in [-0.1, -0.05) is 11.8 Å². The molecule has 30 heavy (non-hydrogen) atoms. The van der Waals surface area contributed by atoms with Crippen molar-refractivity contribution in [2.75, 3.05) is 67.7 Å². The van der Waals surface area contributed by atoms with E-state index in [1.54, 1.807) is 0 Å². The fourth-order valence-corrected chi connectivity index (χ4v) is 4.29. The molecule has 0 aliphatic carbocycles. The molecule has 1 aromatic heterocycles. The molecule has 0 bridgehead atoms. The summed E-state index contributed by atoms with van der Waals surface area (Å²) in [6.07, 6.45) is 0. The number of morpholine rings is 2. The van der Waals surface area contributed by atoms with Crippen molar-refractivity contribution in [3.05, 3.63) is 24.3 Å². The SMILES string of the molecule is CC(Sc1nnc(N2CCOCC2)n1C)C(=O)Nc1ccc(N2CCOCC2)cc1. The summed E-state index contributed by atoms with van der Waals surface area (Å²) in [5, 5.41) is 12.0. The molecule has 1 N–H and O–H groups in total. The first kappa shape index (κ1) is 21.0. The van der Waals surface area contributed by atoms with E-state index in [-0.39, 0.29) is 11.2 Å². The van der Waals surface area contributed by atoms with Gasteiger partial charge < -0.3 is 24.6 Å². The van der Waals surface area contributed by atoms with Crippen molar-refractivity contribution < 1.29 is 14.3 Å². The van der Waals surface area contributed by atoms with Gasteiger partial charge >= 0.3 is 0 Å². The van der Waals surface area contributed by atoms with Gasteiger partial charge in [-0.15, -0.1) is 10.2 Å². The number of amides is 1. The molecule has 1 amide bonds. The number of carbonyl (C=O) groups excluding carboxylic acids is 1. The van der Waals surface area contributed by atoms with Crippen LogP contribution >= 0.6 is 11.8 Å². The van der Waals surface area contributed by atoms with Crippen molar-refractivity contribution in [2.24, 2.45) is 7.05 Å². The van der Waals surface area contributed by atoms with E-state index in [4.69, 9.17) is 9.47 Å². The number of rotatable bonds is 6. The van der Waals surface area contributed by atoms with E-state index in [0.29, 0.717) is 13.2 Å². The number of benzene rings is 1. The minimum atomic E-state index is -0.302. The van der Waals surface area contributed by atoms with E-state index in [1.807, 2.05) is 42.8 Å². The number of anilines is 3. The fourth-order valence-electron chi connectivity index (χ4n) is 3.48. The lowest BCUT2D eigenvalue weighted by Gasteiger charge is -2.29. The van der Waals surface area contributed by atoms with Crippen LogP contribution in [-0.4, -0.2) is 78.5 Å². The Morgan fingerprint density at radius 1 is 1.00 bits per heavy atom. The smallest absolute Gasteiger partial charge is 0.237 e. The van der Waals surface area contributed by atoms with Crippen LogP contribution in [0.4, 0.5) is 17.3 Å². The second kappa shape index (κ2) is 9.67. The Kier molecular flexibility index (Phi) is 6.76. The highest BCUT2D eigenvalue weighted by Crippen LogP contribution is 2.26. The standard InChI is InChI=1S/C20H28N6O3S/c1-15(30-20-23-22-19(24(20)2)26-9-13-29-14-10-26)18(27)21-16-3-5-17(6-4-16)25-7-11-28-12-8-25/h3-6,15H,7-14H2,1-2H3,(H,21,27). The predicted molar refractivity (Wildman–Crippen MR) is 117 cm³/mol. The molecule has 2 aromatic rings. The monoisotopic (exact) mass is 432 g/mol. The number of thioether (sulfide) groups is 1. The number of aromatic nitrogens is 3. The summed E-state index contributed by atoms with van der Waals surface area (Å²) in [5.41, 5.74) is 1.94. The highest BCUT2D eigenvalue weighted by Gasteiger charge is 2.22. The minimum Gasteiger partial charge on any atom is -0.378 e. The largest absolute Gasteiger partial charge is 0.378 e. The van der Waals surface area contributed by atoms with Crippen LogP contribution in [0.25, 0.3) is 0 Å². The second-order valence-corrected chi connectivity index (χ2v) is 8.64.